The molecule has 0 atom stereocenters. The van der Waals surface area contributed by atoms with Gasteiger partial charge in [-0.25, -0.2) is 13.6 Å². The molecule has 0 spiro atoms. The highest BCUT2D eigenvalue weighted by Gasteiger charge is 2.31. The number of aliphatic carboxylic acids is 1. The summed E-state index contributed by atoms with van der Waals surface area (Å²) in [7, 11) is 0. The van der Waals surface area contributed by atoms with Gasteiger partial charge in [0, 0.05) is 4.47 Å². The fourth-order valence-electron chi connectivity index (χ4n) is 1.16. The van der Waals surface area contributed by atoms with Gasteiger partial charge in [-0.15, -0.1) is 0 Å². The molecule has 7 heteroatoms. The summed E-state index contributed by atoms with van der Waals surface area (Å²) < 4.78 is 27.1. The van der Waals surface area contributed by atoms with Gasteiger partial charge in [0.25, 0.3) is 5.91 Å². The van der Waals surface area contributed by atoms with Gasteiger partial charge in [0.2, 0.25) is 0 Å². The molecule has 0 aliphatic rings. The van der Waals surface area contributed by atoms with Crippen molar-refractivity contribution in [1.82, 2.24) is 5.32 Å². The minimum atomic E-state index is -1.62. The van der Waals surface area contributed by atoms with Crippen LogP contribution in [0.15, 0.2) is 16.6 Å². The van der Waals surface area contributed by atoms with Gasteiger partial charge in [0.05, 0.1) is 0 Å². The van der Waals surface area contributed by atoms with Crippen LogP contribution in [0.1, 0.15) is 24.2 Å². The molecule has 0 saturated carbocycles. The van der Waals surface area contributed by atoms with Gasteiger partial charge in [-0.2, -0.15) is 0 Å². The second-order valence-corrected chi connectivity index (χ2v) is 5.04. The summed E-state index contributed by atoms with van der Waals surface area (Å²) >= 11 is 2.88. The van der Waals surface area contributed by atoms with E-state index in [0.717, 1.165) is 12.1 Å². The maximum absolute atomic E-state index is 13.5. The predicted octanol–water partition coefficient (Wildman–Crippen LogP) is 2.32. The molecule has 0 saturated heterocycles. The molecule has 0 aromatic heterocycles. The highest BCUT2D eigenvalue weighted by molar-refractivity contribution is 9.10. The minimum Gasteiger partial charge on any atom is -0.480 e. The Hall–Kier alpha value is -1.50. The highest BCUT2D eigenvalue weighted by atomic mass is 79.9. The van der Waals surface area contributed by atoms with E-state index in [2.05, 4.69) is 15.9 Å². The van der Waals surface area contributed by atoms with Gasteiger partial charge in [0.15, 0.2) is 0 Å². The molecule has 1 aromatic carbocycles. The molecule has 1 aromatic rings. The second kappa shape index (κ2) is 5.01. The van der Waals surface area contributed by atoms with Gasteiger partial charge in [-0.05, 0) is 26.0 Å². The van der Waals surface area contributed by atoms with Gasteiger partial charge in [0.1, 0.15) is 22.7 Å². The summed E-state index contributed by atoms with van der Waals surface area (Å²) in [6, 6.07) is 1.84. The number of carbonyl (C=O) groups is 2. The molecule has 2 N–H and O–H groups in total. The lowest BCUT2D eigenvalue weighted by molar-refractivity contribution is -0.143. The molecular weight excluding hydrogens is 312 g/mol. The van der Waals surface area contributed by atoms with E-state index in [-0.39, 0.29) is 4.47 Å². The van der Waals surface area contributed by atoms with E-state index < -0.39 is 34.6 Å². The summed E-state index contributed by atoms with van der Waals surface area (Å²) in [6.45, 7) is 2.42. The van der Waals surface area contributed by atoms with Gasteiger partial charge in [-0.1, -0.05) is 15.9 Å². The number of hydrogen-bond acceptors (Lipinski definition) is 2. The predicted molar refractivity (Wildman–Crippen MR) is 63.2 cm³/mol. The highest BCUT2D eigenvalue weighted by Crippen LogP contribution is 2.20. The molecule has 0 unspecified atom stereocenters. The molecule has 18 heavy (non-hydrogen) atoms. The van der Waals surface area contributed by atoms with Crippen LogP contribution in [0.2, 0.25) is 0 Å². The van der Waals surface area contributed by atoms with E-state index in [1.165, 1.54) is 13.8 Å². The number of carboxylic acid groups (broad SMARTS) is 1. The van der Waals surface area contributed by atoms with Crippen LogP contribution in [-0.2, 0) is 4.79 Å². The molecule has 98 valence electrons. The van der Waals surface area contributed by atoms with Gasteiger partial charge >= 0.3 is 5.97 Å². The average Bonchev–Trinajstić information content (AvgIpc) is 2.13. The molecule has 0 radical (unpaired) electrons. The van der Waals surface area contributed by atoms with E-state index in [0.29, 0.717) is 0 Å². The third kappa shape index (κ3) is 3.04. The quantitative estimate of drug-likeness (QED) is 0.897. The van der Waals surface area contributed by atoms with Crippen molar-refractivity contribution in [3.8, 4) is 0 Å². The first kappa shape index (κ1) is 14.6. The van der Waals surface area contributed by atoms with E-state index in [4.69, 9.17) is 5.11 Å². The van der Waals surface area contributed by atoms with Crippen LogP contribution in [0.5, 0.6) is 0 Å². The van der Waals surface area contributed by atoms with Crippen molar-refractivity contribution in [2.45, 2.75) is 19.4 Å². The first-order valence-corrected chi connectivity index (χ1v) is 5.65. The summed E-state index contributed by atoms with van der Waals surface area (Å²) in [5.41, 5.74) is -2.43. The van der Waals surface area contributed by atoms with Gasteiger partial charge < -0.3 is 10.4 Å². The average molecular weight is 322 g/mol. The number of rotatable bonds is 3. The summed E-state index contributed by atoms with van der Waals surface area (Å²) in [4.78, 5) is 22.5. The van der Waals surface area contributed by atoms with E-state index in [1.54, 1.807) is 0 Å². The molecule has 1 rings (SSSR count). The van der Waals surface area contributed by atoms with Crippen molar-refractivity contribution < 1.29 is 23.5 Å². The van der Waals surface area contributed by atoms with Crippen LogP contribution >= 0.6 is 15.9 Å². The van der Waals surface area contributed by atoms with Crippen molar-refractivity contribution in [2.24, 2.45) is 0 Å². The molecular formula is C11H10BrF2NO3. The maximum atomic E-state index is 13.5. The van der Waals surface area contributed by atoms with E-state index in [1.807, 2.05) is 5.32 Å². The number of carbonyl (C=O) groups excluding carboxylic acids is 1. The summed E-state index contributed by atoms with van der Waals surface area (Å²) in [6.07, 6.45) is 0. The SMILES string of the molecule is CC(C)(NC(=O)c1c(F)cc(Br)cc1F)C(=O)O. The first-order valence-electron chi connectivity index (χ1n) is 4.85. The van der Waals surface area contributed by atoms with Crippen molar-refractivity contribution >= 4 is 27.8 Å². The third-order valence-corrected chi connectivity index (χ3v) is 2.65. The van der Waals surface area contributed by atoms with E-state index in [9.17, 15) is 18.4 Å². The lowest BCUT2D eigenvalue weighted by atomic mass is 10.0. The van der Waals surface area contributed by atoms with Crippen LogP contribution in [0.3, 0.4) is 0 Å². The Kier molecular flexibility index (Phi) is 4.05. The van der Waals surface area contributed by atoms with Crippen molar-refractivity contribution in [3.05, 3.63) is 33.8 Å². The lowest BCUT2D eigenvalue weighted by Crippen LogP contribution is -2.50. The molecule has 4 nitrogen and oxygen atoms in total. The molecule has 0 bridgehead atoms. The molecule has 0 fully saturated rings. The molecule has 0 aliphatic carbocycles. The monoisotopic (exact) mass is 321 g/mol. The maximum Gasteiger partial charge on any atom is 0.328 e. The topological polar surface area (TPSA) is 66.4 Å². The lowest BCUT2D eigenvalue weighted by Gasteiger charge is -2.21. The zero-order valence-corrected chi connectivity index (χ0v) is 11.1. The fourth-order valence-corrected chi connectivity index (χ4v) is 1.56. The Morgan fingerprint density at radius 2 is 1.72 bits per heavy atom. The normalized spacial score (nSPS) is 11.2. The van der Waals surface area contributed by atoms with Crippen LogP contribution < -0.4 is 5.32 Å². The summed E-state index contributed by atoms with van der Waals surface area (Å²) in [5.74, 6) is -4.57. The zero-order valence-electron chi connectivity index (χ0n) is 9.55. The standard InChI is InChI=1S/C11H10BrF2NO3/c1-11(2,10(17)18)15-9(16)8-6(13)3-5(12)4-7(8)14/h3-4H,1-2H3,(H,15,16)(H,17,18). The van der Waals surface area contributed by atoms with Crippen LogP contribution in [0.4, 0.5) is 8.78 Å². The zero-order chi connectivity index (χ0) is 14.1. The number of benzene rings is 1. The molecule has 0 heterocycles. The minimum absolute atomic E-state index is 0.145. The molecule has 1 amide bonds. The molecule has 0 aliphatic heterocycles. The van der Waals surface area contributed by atoms with Crippen LogP contribution in [-0.4, -0.2) is 22.5 Å². The van der Waals surface area contributed by atoms with Crippen molar-refractivity contribution in [1.29, 1.82) is 0 Å². The Labute approximate surface area is 110 Å². The van der Waals surface area contributed by atoms with E-state index >= 15 is 0 Å². The summed E-state index contributed by atoms with van der Waals surface area (Å²) in [5, 5.41) is 10.8. The van der Waals surface area contributed by atoms with Crippen molar-refractivity contribution in [2.75, 3.05) is 0 Å². The smallest absolute Gasteiger partial charge is 0.328 e. The number of hydrogen-bond donors (Lipinski definition) is 2. The Morgan fingerprint density at radius 1 is 1.28 bits per heavy atom. The van der Waals surface area contributed by atoms with Gasteiger partial charge in [-0.3, -0.25) is 4.79 Å². The Bertz CT molecular complexity index is 494. The van der Waals surface area contributed by atoms with Crippen molar-refractivity contribution in [3.63, 3.8) is 0 Å². The number of nitrogens with one attached hydrogen (secondary N) is 1. The largest absolute Gasteiger partial charge is 0.480 e. The van der Waals surface area contributed by atoms with Crippen LogP contribution in [0, 0.1) is 11.6 Å². The number of amides is 1. The Balaban J connectivity index is 3.10. The number of carboxylic acids is 1. The first-order chi connectivity index (χ1) is 8.15. The second-order valence-electron chi connectivity index (χ2n) is 4.13. The third-order valence-electron chi connectivity index (χ3n) is 2.19. The van der Waals surface area contributed by atoms with Crippen LogP contribution in [0.25, 0.3) is 0 Å². The number of halogens is 3. The Morgan fingerprint density at radius 3 is 2.11 bits per heavy atom. The fraction of sp³-hybridized carbons (Fsp3) is 0.273.